The van der Waals surface area contributed by atoms with E-state index in [0.717, 1.165) is 25.5 Å². The van der Waals surface area contributed by atoms with Gasteiger partial charge in [-0.1, -0.05) is 0 Å². The molecule has 0 radical (unpaired) electrons. The predicted octanol–water partition coefficient (Wildman–Crippen LogP) is 2.64. The van der Waals surface area contributed by atoms with E-state index in [1.165, 1.54) is 12.3 Å². The van der Waals surface area contributed by atoms with E-state index in [2.05, 4.69) is 27.3 Å². The number of nitrogens with zero attached hydrogens (tertiary/aromatic N) is 1. The van der Waals surface area contributed by atoms with Crippen molar-refractivity contribution in [1.82, 2.24) is 15.6 Å². The molecule has 1 fully saturated rings. The molecule has 6 nitrogen and oxygen atoms in total. The van der Waals surface area contributed by atoms with Gasteiger partial charge in [0.05, 0.1) is 5.41 Å². The van der Waals surface area contributed by atoms with E-state index in [0.29, 0.717) is 6.04 Å². The second-order valence-electron chi connectivity index (χ2n) is 7.08. The molecular formula is C17H24F3N3O3. The summed E-state index contributed by atoms with van der Waals surface area (Å²) >= 11 is 0. The van der Waals surface area contributed by atoms with Crippen molar-refractivity contribution in [2.45, 2.75) is 52.1 Å². The fourth-order valence-corrected chi connectivity index (χ4v) is 2.64. The maximum atomic E-state index is 12.5. The zero-order valence-electron chi connectivity index (χ0n) is 15.0. The van der Waals surface area contributed by atoms with E-state index in [9.17, 15) is 18.0 Å². The molecule has 0 aliphatic carbocycles. The second-order valence-corrected chi connectivity index (χ2v) is 7.08. The van der Waals surface area contributed by atoms with Crippen LogP contribution in [0.4, 0.5) is 13.2 Å². The largest absolute Gasteiger partial charge is 0.573 e. The summed E-state index contributed by atoms with van der Waals surface area (Å²) in [5, 5.41) is 6.29. The van der Waals surface area contributed by atoms with Gasteiger partial charge in [0, 0.05) is 18.3 Å². The number of carbonyl (C=O) groups is 1. The molecule has 1 aliphatic heterocycles. The summed E-state index contributed by atoms with van der Waals surface area (Å²) < 4.78 is 46.6. The number of amides is 1. The van der Waals surface area contributed by atoms with Gasteiger partial charge in [-0.25, -0.2) is 4.98 Å². The molecule has 146 valence electrons. The normalized spacial score (nSPS) is 21.2. The SMILES string of the molecule is C[C@H]1C[C@@H](NC(=O)C(C)(C)COc2ncccc2OC(F)(F)F)CCN1. The highest BCUT2D eigenvalue weighted by Gasteiger charge is 2.34. The lowest BCUT2D eigenvalue weighted by atomic mass is 9.91. The Balaban J connectivity index is 1.96. The van der Waals surface area contributed by atoms with E-state index >= 15 is 0 Å². The Hall–Kier alpha value is -2.03. The minimum Gasteiger partial charge on any atom is -0.474 e. The molecule has 2 heterocycles. The molecule has 0 bridgehead atoms. The Bertz CT molecular complexity index is 623. The summed E-state index contributed by atoms with van der Waals surface area (Å²) in [6.45, 7) is 6.08. The first-order valence-electron chi connectivity index (χ1n) is 8.45. The van der Waals surface area contributed by atoms with E-state index in [4.69, 9.17) is 4.74 Å². The van der Waals surface area contributed by atoms with Crippen LogP contribution in [0.1, 0.15) is 33.6 Å². The molecule has 1 aromatic rings. The van der Waals surface area contributed by atoms with Crippen LogP contribution in [0.15, 0.2) is 18.3 Å². The first-order valence-corrected chi connectivity index (χ1v) is 8.45. The van der Waals surface area contributed by atoms with Crippen LogP contribution in [-0.4, -0.2) is 42.5 Å². The van der Waals surface area contributed by atoms with E-state index < -0.39 is 17.5 Å². The topological polar surface area (TPSA) is 72.5 Å². The fraction of sp³-hybridized carbons (Fsp3) is 0.647. The van der Waals surface area contributed by atoms with Crippen LogP contribution in [0.2, 0.25) is 0 Å². The lowest BCUT2D eigenvalue weighted by Crippen LogP contribution is -2.50. The van der Waals surface area contributed by atoms with Crippen molar-refractivity contribution in [2.24, 2.45) is 5.41 Å². The van der Waals surface area contributed by atoms with Crippen molar-refractivity contribution in [3.05, 3.63) is 18.3 Å². The van der Waals surface area contributed by atoms with Gasteiger partial charge in [-0.2, -0.15) is 0 Å². The molecule has 1 amide bonds. The Labute approximate surface area is 150 Å². The fourth-order valence-electron chi connectivity index (χ4n) is 2.64. The van der Waals surface area contributed by atoms with E-state index in [1.807, 2.05) is 0 Å². The number of ether oxygens (including phenoxy) is 2. The van der Waals surface area contributed by atoms with Crippen LogP contribution < -0.4 is 20.1 Å². The molecule has 9 heteroatoms. The Morgan fingerprint density at radius 2 is 2.15 bits per heavy atom. The number of aromatic nitrogens is 1. The summed E-state index contributed by atoms with van der Waals surface area (Å²) in [7, 11) is 0. The molecule has 0 spiro atoms. The van der Waals surface area contributed by atoms with Crippen molar-refractivity contribution in [1.29, 1.82) is 0 Å². The number of rotatable bonds is 6. The number of hydrogen-bond acceptors (Lipinski definition) is 5. The maximum Gasteiger partial charge on any atom is 0.573 e. The van der Waals surface area contributed by atoms with Crippen LogP contribution in [0.5, 0.6) is 11.6 Å². The van der Waals surface area contributed by atoms with Gasteiger partial charge < -0.3 is 20.1 Å². The van der Waals surface area contributed by atoms with Crippen LogP contribution in [0.25, 0.3) is 0 Å². The summed E-state index contributed by atoms with van der Waals surface area (Å²) in [5.74, 6) is -1.06. The summed E-state index contributed by atoms with van der Waals surface area (Å²) in [6.07, 6.45) is -1.90. The third kappa shape index (κ3) is 6.05. The molecule has 1 aliphatic rings. The highest BCUT2D eigenvalue weighted by molar-refractivity contribution is 5.82. The number of nitrogens with one attached hydrogen (secondary N) is 2. The minimum atomic E-state index is -4.85. The average Bonchev–Trinajstić information content (AvgIpc) is 2.52. The van der Waals surface area contributed by atoms with Crippen LogP contribution in [-0.2, 0) is 4.79 Å². The smallest absolute Gasteiger partial charge is 0.474 e. The lowest BCUT2D eigenvalue weighted by Gasteiger charge is -2.32. The number of pyridine rings is 1. The van der Waals surface area contributed by atoms with Gasteiger partial charge in [-0.05, 0) is 52.3 Å². The van der Waals surface area contributed by atoms with Crippen LogP contribution >= 0.6 is 0 Å². The number of alkyl halides is 3. The van der Waals surface area contributed by atoms with Crippen LogP contribution in [0.3, 0.4) is 0 Å². The molecule has 0 aromatic carbocycles. The quantitative estimate of drug-likeness (QED) is 0.800. The number of hydrogen-bond donors (Lipinski definition) is 2. The highest BCUT2D eigenvalue weighted by atomic mass is 19.4. The van der Waals surface area contributed by atoms with Crippen molar-refractivity contribution >= 4 is 5.91 Å². The van der Waals surface area contributed by atoms with E-state index in [-0.39, 0.29) is 24.4 Å². The summed E-state index contributed by atoms with van der Waals surface area (Å²) in [6, 6.07) is 2.81. The van der Waals surface area contributed by atoms with Gasteiger partial charge >= 0.3 is 6.36 Å². The van der Waals surface area contributed by atoms with Gasteiger partial charge in [0.2, 0.25) is 5.91 Å². The Morgan fingerprint density at radius 1 is 1.42 bits per heavy atom. The molecular weight excluding hydrogens is 351 g/mol. The van der Waals surface area contributed by atoms with Crippen LogP contribution in [0, 0.1) is 5.41 Å². The third-order valence-electron chi connectivity index (χ3n) is 4.11. The number of halogens is 3. The van der Waals surface area contributed by atoms with Gasteiger partial charge in [0.1, 0.15) is 6.61 Å². The van der Waals surface area contributed by atoms with Gasteiger partial charge in [0.25, 0.3) is 5.88 Å². The van der Waals surface area contributed by atoms with Crippen molar-refractivity contribution in [2.75, 3.05) is 13.2 Å². The molecule has 0 unspecified atom stereocenters. The van der Waals surface area contributed by atoms with E-state index in [1.54, 1.807) is 13.8 Å². The minimum absolute atomic E-state index is 0.0667. The zero-order valence-corrected chi connectivity index (χ0v) is 15.0. The van der Waals surface area contributed by atoms with Gasteiger partial charge in [-0.3, -0.25) is 4.79 Å². The standard InChI is InChI=1S/C17H24F3N3O3/c1-11-9-12(6-8-21-11)23-15(24)16(2,3)10-25-14-13(5-4-7-22-14)26-17(18,19)20/h4-5,7,11-12,21H,6,8-10H2,1-3H3,(H,23,24)/t11-,12-/m0/s1. The summed E-state index contributed by atoms with van der Waals surface area (Å²) in [4.78, 5) is 16.3. The molecule has 0 saturated carbocycles. The highest BCUT2D eigenvalue weighted by Crippen LogP contribution is 2.31. The average molecular weight is 375 g/mol. The van der Waals surface area contributed by atoms with Gasteiger partial charge in [0.15, 0.2) is 5.75 Å². The predicted molar refractivity (Wildman–Crippen MR) is 88.8 cm³/mol. The van der Waals surface area contributed by atoms with Crippen molar-refractivity contribution < 1.29 is 27.4 Å². The molecule has 2 rings (SSSR count). The Kier molecular flexibility index (Phi) is 6.33. The molecule has 1 saturated heterocycles. The molecule has 26 heavy (non-hydrogen) atoms. The maximum absolute atomic E-state index is 12.5. The first kappa shape index (κ1) is 20.3. The monoisotopic (exact) mass is 375 g/mol. The second kappa shape index (κ2) is 8.11. The zero-order chi connectivity index (χ0) is 19.4. The first-order chi connectivity index (χ1) is 12.1. The number of piperidine rings is 1. The summed E-state index contributed by atoms with van der Waals surface area (Å²) in [5.41, 5.74) is -0.943. The Morgan fingerprint density at radius 3 is 2.81 bits per heavy atom. The van der Waals surface area contributed by atoms with Crippen molar-refractivity contribution in [3.8, 4) is 11.6 Å². The van der Waals surface area contributed by atoms with Crippen molar-refractivity contribution in [3.63, 3.8) is 0 Å². The molecule has 2 atom stereocenters. The molecule has 2 N–H and O–H groups in total. The lowest BCUT2D eigenvalue weighted by molar-refractivity contribution is -0.275. The number of carbonyl (C=O) groups excluding carboxylic acids is 1. The molecule has 1 aromatic heterocycles. The third-order valence-corrected chi connectivity index (χ3v) is 4.11. The van der Waals surface area contributed by atoms with Gasteiger partial charge in [-0.15, -0.1) is 13.2 Å².